The summed E-state index contributed by atoms with van der Waals surface area (Å²) in [4.78, 5) is 20.3. The number of aromatic amines is 1. The Morgan fingerprint density at radius 3 is 2.71 bits per heavy atom. The number of aromatic nitrogens is 1. The van der Waals surface area contributed by atoms with Gasteiger partial charge in [0.25, 0.3) is 5.56 Å². The largest absolute Gasteiger partial charge is 0.378 e. The molecule has 2 fully saturated rings. The summed E-state index contributed by atoms with van der Waals surface area (Å²) >= 11 is 0. The van der Waals surface area contributed by atoms with Gasteiger partial charge in [0.15, 0.2) is 0 Å². The Morgan fingerprint density at radius 2 is 1.89 bits per heavy atom. The van der Waals surface area contributed by atoms with Crippen LogP contribution < -0.4 is 15.4 Å². The Bertz CT molecular complexity index is 842. The average Bonchev–Trinajstić information content (AvgIpc) is 2.95. The molecule has 5 nitrogen and oxygen atoms in total. The molecular weight excluding hydrogens is 350 g/mol. The van der Waals surface area contributed by atoms with E-state index in [-0.39, 0.29) is 5.56 Å². The van der Waals surface area contributed by atoms with Crippen LogP contribution >= 0.6 is 0 Å². The lowest BCUT2D eigenvalue weighted by Gasteiger charge is -2.34. The number of morpholine rings is 1. The second-order valence-corrected chi connectivity index (χ2v) is 8.01. The van der Waals surface area contributed by atoms with E-state index >= 15 is 0 Å². The number of pyridine rings is 1. The molecule has 0 spiro atoms. The summed E-state index contributed by atoms with van der Waals surface area (Å²) in [5.74, 6) is 0.967. The molecule has 1 aromatic carbocycles. The highest BCUT2D eigenvalue weighted by Crippen LogP contribution is 2.28. The first-order chi connectivity index (χ1) is 13.7. The third-order valence-corrected chi connectivity index (χ3v) is 6.09. The predicted octanol–water partition coefficient (Wildman–Crippen LogP) is 3.51. The van der Waals surface area contributed by atoms with Crippen LogP contribution in [0.25, 0.3) is 0 Å². The fourth-order valence-electron chi connectivity index (χ4n) is 4.47. The first-order valence-corrected chi connectivity index (χ1v) is 10.6. The maximum absolute atomic E-state index is 12.5. The van der Waals surface area contributed by atoms with Crippen molar-refractivity contribution in [3.8, 4) is 0 Å². The average molecular weight is 382 g/mol. The lowest BCUT2D eigenvalue weighted by Crippen LogP contribution is -2.39. The quantitative estimate of drug-likeness (QED) is 0.880. The molecule has 0 saturated carbocycles. The zero-order valence-corrected chi connectivity index (χ0v) is 16.8. The summed E-state index contributed by atoms with van der Waals surface area (Å²) in [5, 5.41) is 0. The van der Waals surface area contributed by atoms with Crippen molar-refractivity contribution in [1.29, 1.82) is 0 Å². The monoisotopic (exact) mass is 381 g/mol. The molecule has 4 rings (SSSR count). The van der Waals surface area contributed by atoms with E-state index in [1.807, 2.05) is 0 Å². The maximum Gasteiger partial charge on any atom is 0.251 e. The van der Waals surface area contributed by atoms with Gasteiger partial charge in [-0.3, -0.25) is 4.79 Å². The van der Waals surface area contributed by atoms with Gasteiger partial charge in [-0.25, -0.2) is 0 Å². The molecule has 2 aliphatic heterocycles. The van der Waals surface area contributed by atoms with E-state index in [0.29, 0.717) is 6.04 Å². The van der Waals surface area contributed by atoms with Gasteiger partial charge < -0.3 is 19.5 Å². The van der Waals surface area contributed by atoms with Crippen LogP contribution in [0.3, 0.4) is 0 Å². The van der Waals surface area contributed by atoms with Crippen LogP contribution in [0.4, 0.5) is 11.5 Å². The van der Waals surface area contributed by atoms with Crippen molar-refractivity contribution < 1.29 is 4.74 Å². The summed E-state index contributed by atoms with van der Waals surface area (Å²) in [6, 6.07) is 13.0. The Hall–Kier alpha value is -2.27. The third kappa shape index (κ3) is 4.41. The summed E-state index contributed by atoms with van der Waals surface area (Å²) in [6.07, 6.45) is 5.87. The van der Waals surface area contributed by atoms with Crippen LogP contribution in [0, 0.1) is 6.92 Å². The Kier molecular flexibility index (Phi) is 6.01. The highest BCUT2D eigenvalue weighted by molar-refractivity contribution is 5.56. The molecule has 2 aliphatic rings. The van der Waals surface area contributed by atoms with Gasteiger partial charge in [0, 0.05) is 43.5 Å². The first kappa shape index (κ1) is 19.1. The SMILES string of the molecule is Cc1ccccc1C[C@@H]1CCCCCN1c1cc(N2CCOCC2)cc(=O)[nH]1. The molecule has 0 aliphatic carbocycles. The molecule has 3 heterocycles. The van der Waals surface area contributed by atoms with Crippen molar-refractivity contribution in [3.63, 3.8) is 0 Å². The number of hydrogen-bond acceptors (Lipinski definition) is 4. The van der Waals surface area contributed by atoms with Crippen LogP contribution in [0.5, 0.6) is 0 Å². The second kappa shape index (κ2) is 8.82. The molecule has 0 bridgehead atoms. The highest BCUT2D eigenvalue weighted by Gasteiger charge is 2.24. The van der Waals surface area contributed by atoms with Gasteiger partial charge in [-0.1, -0.05) is 37.1 Å². The lowest BCUT2D eigenvalue weighted by atomic mass is 9.97. The fourth-order valence-corrected chi connectivity index (χ4v) is 4.47. The van der Waals surface area contributed by atoms with E-state index < -0.39 is 0 Å². The van der Waals surface area contributed by atoms with Crippen molar-refractivity contribution in [2.75, 3.05) is 42.6 Å². The van der Waals surface area contributed by atoms with Gasteiger partial charge in [0.05, 0.1) is 13.2 Å². The van der Waals surface area contributed by atoms with E-state index in [0.717, 1.165) is 57.2 Å². The van der Waals surface area contributed by atoms with Gasteiger partial charge in [-0.2, -0.15) is 0 Å². The molecule has 2 saturated heterocycles. The number of nitrogens with one attached hydrogen (secondary N) is 1. The Labute approximate surface area is 167 Å². The molecule has 0 radical (unpaired) electrons. The van der Waals surface area contributed by atoms with Crippen molar-refractivity contribution in [1.82, 2.24) is 4.98 Å². The normalized spacial score (nSPS) is 20.8. The van der Waals surface area contributed by atoms with Crippen LogP contribution in [-0.2, 0) is 11.2 Å². The minimum Gasteiger partial charge on any atom is -0.378 e. The smallest absolute Gasteiger partial charge is 0.251 e. The van der Waals surface area contributed by atoms with Crippen molar-refractivity contribution in [2.24, 2.45) is 0 Å². The molecule has 1 N–H and O–H groups in total. The van der Waals surface area contributed by atoms with E-state index in [9.17, 15) is 4.79 Å². The topological polar surface area (TPSA) is 48.6 Å². The Balaban J connectivity index is 1.63. The number of H-pyrrole nitrogens is 1. The number of anilines is 2. The number of nitrogens with zero attached hydrogens (tertiary/aromatic N) is 2. The van der Waals surface area contributed by atoms with Gasteiger partial charge in [-0.05, 0) is 37.3 Å². The van der Waals surface area contributed by atoms with Gasteiger partial charge in [0.1, 0.15) is 5.82 Å². The molecule has 1 atom stereocenters. The lowest BCUT2D eigenvalue weighted by molar-refractivity contribution is 0.122. The third-order valence-electron chi connectivity index (χ3n) is 6.09. The zero-order valence-electron chi connectivity index (χ0n) is 16.8. The van der Waals surface area contributed by atoms with Crippen molar-refractivity contribution >= 4 is 11.5 Å². The first-order valence-electron chi connectivity index (χ1n) is 10.6. The molecule has 150 valence electrons. The van der Waals surface area contributed by atoms with E-state index in [2.05, 4.69) is 52.0 Å². The molecule has 0 amide bonds. The van der Waals surface area contributed by atoms with E-state index in [1.54, 1.807) is 6.07 Å². The van der Waals surface area contributed by atoms with Crippen LogP contribution in [-0.4, -0.2) is 43.9 Å². The Morgan fingerprint density at radius 1 is 1.07 bits per heavy atom. The van der Waals surface area contributed by atoms with E-state index in [4.69, 9.17) is 4.74 Å². The summed E-state index contributed by atoms with van der Waals surface area (Å²) in [6.45, 7) is 6.32. The predicted molar refractivity (Wildman–Crippen MR) is 115 cm³/mol. The molecule has 5 heteroatoms. The van der Waals surface area contributed by atoms with Crippen molar-refractivity contribution in [2.45, 2.75) is 45.1 Å². The number of ether oxygens (including phenoxy) is 1. The van der Waals surface area contributed by atoms with Gasteiger partial charge in [-0.15, -0.1) is 0 Å². The van der Waals surface area contributed by atoms with E-state index in [1.165, 1.54) is 30.4 Å². The summed E-state index contributed by atoms with van der Waals surface area (Å²) in [5.41, 5.74) is 3.76. The van der Waals surface area contributed by atoms with Crippen LogP contribution in [0.1, 0.15) is 36.8 Å². The van der Waals surface area contributed by atoms with Crippen molar-refractivity contribution in [3.05, 3.63) is 57.9 Å². The molecule has 1 aromatic heterocycles. The highest BCUT2D eigenvalue weighted by atomic mass is 16.5. The number of hydrogen-bond donors (Lipinski definition) is 1. The summed E-state index contributed by atoms with van der Waals surface area (Å²) < 4.78 is 5.47. The zero-order chi connectivity index (χ0) is 19.3. The molecule has 28 heavy (non-hydrogen) atoms. The minimum absolute atomic E-state index is 0.0159. The van der Waals surface area contributed by atoms with Gasteiger partial charge in [0.2, 0.25) is 0 Å². The second-order valence-electron chi connectivity index (χ2n) is 8.01. The standard InChI is InChI=1S/C23H31N3O2/c1-18-7-4-5-8-19(18)15-20-9-3-2-6-10-26(20)22-16-21(17-23(27)24-22)25-11-13-28-14-12-25/h4-5,7-8,16-17,20H,2-3,6,9-15H2,1H3,(H,24,27)/t20-/m0/s1. The molecular formula is C23H31N3O2. The van der Waals surface area contributed by atoms with Crippen LogP contribution in [0.2, 0.25) is 0 Å². The maximum atomic E-state index is 12.5. The van der Waals surface area contributed by atoms with Crippen LogP contribution in [0.15, 0.2) is 41.2 Å². The molecule has 0 unspecified atom stereocenters. The van der Waals surface area contributed by atoms with Gasteiger partial charge >= 0.3 is 0 Å². The fraction of sp³-hybridized carbons (Fsp3) is 0.522. The number of aryl methyl sites for hydroxylation is 1. The molecule has 2 aromatic rings. The number of rotatable bonds is 4. The number of benzene rings is 1. The summed E-state index contributed by atoms with van der Waals surface area (Å²) in [7, 11) is 0. The minimum atomic E-state index is -0.0159.